The van der Waals surface area contributed by atoms with Gasteiger partial charge in [0.05, 0.1) is 4.92 Å². The summed E-state index contributed by atoms with van der Waals surface area (Å²) >= 11 is 5.69. The van der Waals surface area contributed by atoms with Crippen LogP contribution in [0.4, 0.5) is 16.2 Å². The summed E-state index contributed by atoms with van der Waals surface area (Å²) in [5, 5.41) is 13.4. The van der Waals surface area contributed by atoms with Gasteiger partial charge in [0.2, 0.25) is 0 Å². The fraction of sp³-hybridized carbons (Fsp3) is 0.417. The molecular weight excluding hydrogens is 270 g/mol. The van der Waals surface area contributed by atoms with Gasteiger partial charge in [-0.3, -0.25) is 10.1 Å². The van der Waals surface area contributed by atoms with Crippen molar-refractivity contribution in [1.29, 1.82) is 0 Å². The van der Waals surface area contributed by atoms with Crippen molar-refractivity contribution in [3.8, 4) is 0 Å². The molecule has 0 aromatic heterocycles. The van der Waals surface area contributed by atoms with E-state index in [1.54, 1.807) is 7.05 Å². The van der Waals surface area contributed by atoms with Gasteiger partial charge < -0.3 is 10.2 Å². The van der Waals surface area contributed by atoms with Gasteiger partial charge in [-0.15, -0.1) is 0 Å². The molecule has 0 aliphatic rings. The van der Waals surface area contributed by atoms with Gasteiger partial charge in [0.15, 0.2) is 0 Å². The summed E-state index contributed by atoms with van der Waals surface area (Å²) in [7, 11) is 1.68. The normalized spacial score (nSPS) is 10.1. The van der Waals surface area contributed by atoms with E-state index in [2.05, 4.69) is 5.32 Å². The molecule has 0 bridgehead atoms. The van der Waals surface area contributed by atoms with E-state index < -0.39 is 4.92 Å². The number of amides is 2. The Labute approximate surface area is 116 Å². The molecule has 0 aliphatic carbocycles. The molecule has 1 aromatic rings. The number of nitrogens with one attached hydrogen (secondary N) is 1. The number of carbonyl (C=O) groups is 1. The predicted molar refractivity (Wildman–Crippen MR) is 74.7 cm³/mol. The molecule has 0 spiro atoms. The van der Waals surface area contributed by atoms with E-state index in [0.717, 1.165) is 12.8 Å². The van der Waals surface area contributed by atoms with Crippen LogP contribution in [-0.4, -0.2) is 29.4 Å². The average molecular weight is 286 g/mol. The monoisotopic (exact) mass is 285 g/mol. The SMILES string of the molecule is CCCCN(C)C(=O)Nc1ccc(Cl)c([N+](=O)[O-])c1. The molecule has 0 heterocycles. The van der Waals surface area contributed by atoms with E-state index >= 15 is 0 Å². The van der Waals surface area contributed by atoms with Crippen LogP contribution in [0.3, 0.4) is 0 Å². The van der Waals surface area contributed by atoms with Crippen LogP contribution < -0.4 is 5.32 Å². The van der Waals surface area contributed by atoms with E-state index in [4.69, 9.17) is 11.6 Å². The highest BCUT2D eigenvalue weighted by Gasteiger charge is 2.15. The Kier molecular flexibility index (Phi) is 5.57. The van der Waals surface area contributed by atoms with Crippen LogP contribution in [0, 0.1) is 10.1 Å². The number of anilines is 1. The minimum atomic E-state index is -0.585. The summed E-state index contributed by atoms with van der Waals surface area (Å²) in [4.78, 5) is 23.5. The molecule has 0 atom stereocenters. The number of nitro benzene ring substituents is 1. The second-order valence-corrected chi connectivity index (χ2v) is 4.54. The fourth-order valence-electron chi connectivity index (χ4n) is 1.45. The highest BCUT2D eigenvalue weighted by atomic mass is 35.5. The van der Waals surface area contributed by atoms with Gasteiger partial charge in [0.1, 0.15) is 5.02 Å². The third-order valence-corrected chi connectivity index (χ3v) is 2.91. The van der Waals surface area contributed by atoms with Gasteiger partial charge in [-0.2, -0.15) is 0 Å². The lowest BCUT2D eigenvalue weighted by Crippen LogP contribution is -2.32. The van der Waals surface area contributed by atoms with Gasteiger partial charge in [0, 0.05) is 25.3 Å². The second kappa shape index (κ2) is 6.94. The number of benzene rings is 1. The lowest BCUT2D eigenvalue weighted by atomic mass is 10.3. The van der Waals surface area contributed by atoms with Crippen LogP contribution in [-0.2, 0) is 0 Å². The van der Waals surface area contributed by atoms with Gasteiger partial charge in [-0.05, 0) is 18.6 Å². The molecule has 0 fully saturated rings. The summed E-state index contributed by atoms with van der Waals surface area (Å²) in [6, 6.07) is 3.86. The highest BCUT2D eigenvalue weighted by molar-refractivity contribution is 6.32. The Morgan fingerprint density at radius 2 is 2.21 bits per heavy atom. The van der Waals surface area contributed by atoms with Crippen LogP contribution in [0.25, 0.3) is 0 Å². The first-order chi connectivity index (χ1) is 8.95. The van der Waals surface area contributed by atoms with E-state index in [9.17, 15) is 14.9 Å². The number of unbranched alkanes of at least 4 members (excludes halogenated alkanes) is 1. The van der Waals surface area contributed by atoms with Gasteiger partial charge in [-0.25, -0.2) is 4.79 Å². The molecule has 7 heteroatoms. The molecule has 104 valence electrons. The van der Waals surface area contributed by atoms with Crippen molar-refractivity contribution in [2.24, 2.45) is 0 Å². The molecule has 2 amide bonds. The summed E-state index contributed by atoms with van der Waals surface area (Å²) in [5.41, 5.74) is 0.125. The Balaban J connectivity index is 2.74. The van der Waals surface area contributed by atoms with Crippen molar-refractivity contribution < 1.29 is 9.72 Å². The number of nitrogens with zero attached hydrogens (tertiary/aromatic N) is 2. The maximum Gasteiger partial charge on any atom is 0.321 e. The summed E-state index contributed by atoms with van der Waals surface area (Å²) < 4.78 is 0. The predicted octanol–water partition coefficient (Wildman–Crippen LogP) is 3.51. The summed E-state index contributed by atoms with van der Waals surface area (Å²) in [6.07, 6.45) is 1.90. The molecule has 0 radical (unpaired) electrons. The zero-order valence-corrected chi connectivity index (χ0v) is 11.6. The van der Waals surface area contributed by atoms with Crippen LogP contribution in [0.5, 0.6) is 0 Å². The Bertz CT molecular complexity index is 479. The Morgan fingerprint density at radius 1 is 1.53 bits per heavy atom. The lowest BCUT2D eigenvalue weighted by Gasteiger charge is -2.17. The zero-order valence-electron chi connectivity index (χ0n) is 10.9. The van der Waals surface area contributed by atoms with Crippen molar-refractivity contribution in [2.75, 3.05) is 18.9 Å². The summed E-state index contributed by atoms with van der Waals surface area (Å²) in [6.45, 7) is 2.67. The number of halogens is 1. The topological polar surface area (TPSA) is 75.5 Å². The standard InChI is InChI=1S/C12H16ClN3O3/c1-3-4-7-15(2)12(17)14-9-5-6-10(13)11(8-9)16(18)19/h5-6,8H,3-4,7H2,1-2H3,(H,14,17). The molecule has 0 saturated heterocycles. The molecule has 0 saturated carbocycles. The third kappa shape index (κ3) is 4.40. The minimum Gasteiger partial charge on any atom is -0.328 e. The molecule has 1 N–H and O–H groups in total. The number of rotatable bonds is 5. The van der Waals surface area contributed by atoms with E-state index in [-0.39, 0.29) is 16.7 Å². The molecular formula is C12H16ClN3O3. The van der Waals surface area contributed by atoms with E-state index in [1.165, 1.54) is 23.1 Å². The molecule has 1 rings (SSSR count). The van der Waals surface area contributed by atoms with Crippen LogP contribution in [0.15, 0.2) is 18.2 Å². The van der Waals surface area contributed by atoms with Gasteiger partial charge in [0.25, 0.3) is 5.69 Å². The molecule has 1 aromatic carbocycles. The van der Waals surface area contributed by atoms with Crippen LogP contribution in [0.1, 0.15) is 19.8 Å². The van der Waals surface area contributed by atoms with Crippen molar-refractivity contribution in [1.82, 2.24) is 4.90 Å². The number of nitro groups is 1. The smallest absolute Gasteiger partial charge is 0.321 e. The molecule has 6 nitrogen and oxygen atoms in total. The lowest BCUT2D eigenvalue weighted by molar-refractivity contribution is -0.384. The maximum absolute atomic E-state index is 11.8. The van der Waals surface area contributed by atoms with Gasteiger partial charge in [-0.1, -0.05) is 24.9 Å². The van der Waals surface area contributed by atoms with E-state index in [1.807, 2.05) is 6.92 Å². The van der Waals surface area contributed by atoms with Crippen LogP contribution >= 0.6 is 11.6 Å². The fourth-order valence-corrected chi connectivity index (χ4v) is 1.63. The first kappa shape index (κ1) is 15.2. The van der Waals surface area contributed by atoms with Crippen molar-refractivity contribution >= 4 is 29.0 Å². The number of urea groups is 1. The summed E-state index contributed by atoms with van der Waals surface area (Å²) in [5.74, 6) is 0. The second-order valence-electron chi connectivity index (χ2n) is 4.13. The molecule has 19 heavy (non-hydrogen) atoms. The number of hydrogen-bond acceptors (Lipinski definition) is 3. The minimum absolute atomic E-state index is 0.0438. The highest BCUT2D eigenvalue weighted by Crippen LogP contribution is 2.27. The zero-order chi connectivity index (χ0) is 14.4. The molecule has 0 aliphatic heterocycles. The van der Waals surface area contributed by atoms with E-state index in [0.29, 0.717) is 12.2 Å². The third-order valence-electron chi connectivity index (χ3n) is 2.59. The van der Waals surface area contributed by atoms with Crippen LogP contribution in [0.2, 0.25) is 5.02 Å². The van der Waals surface area contributed by atoms with Crippen molar-refractivity contribution in [2.45, 2.75) is 19.8 Å². The quantitative estimate of drug-likeness (QED) is 0.664. The number of hydrogen-bond donors (Lipinski definition) is 1. The first-order valence-corrected chi connectivity index (χ1v) is 6.29. The Morgan fingerprint density at radius 3 is 2.79 bits per heavy atom. The van der Waals surface area contributed by atoms with Gasteiger partial charge >= 0.3 is 6.03 Å². The largest absolute Gasteiger partial charge is 0.328 e. The first-order valence-electron chi connectivity index (χ1n) is 5.91. The molecule has 0 unspecified atom stereocenters. The van der Waals surface area contributed by atoms with Crippen molar-refractivity contribution in [3.63, 3.8) is 0 Å². The Hall–Kier alpha value is -1.82. The van der Waals surface area contributed by atoms with Crippen molar-refractivity contribution in [3.05, 3.63) is 33.3 Å². The average Bonchev–Trinajstić information content (AvgIpc) is 2.37. The maximum atomic E-state index is 11.8. The number of carbonyl (C=O) groups excluding carboxylic acids is 1.